The minimum Gasteiger partial charge on any atom is -0.453 e. The van der Waals surface area contributed by atoms with Crippen LogP contribution in [0.5, 0.6) is 0 Å². The molecule has 0 spiro atoms. The van der Waals surface area contributed by atoms with E-state index < -0.39 is 27.3 Å². The molecule has 1 heterocycles. The minimum absolute atomic E-state index is 0.0603. The maximum atomic E-state index is 14.8. The lowest BCUT2D eigenvalue weighted by molar-refractivity contribution is -0.243. The number of carbonyl (C=O) groups is 4. The number of ketones is 2. The topological polar surface area (TPSA) is 131 Å². The van der Waals surface area contributed by atoms with Gasteiger partial charge in [-0.25, -0.2) is 9.59 Å². The van der Waals surface area contributed by atoms with Crippen LogP contribution in [0.25, 0.3) is 0 Å². The summed E-state index contributed by atoms with van der Waals surface area (Å²) in [7, 11) is 3.19. The largest absolute Gasteiger partial charge is 0.453 e. The molecule has 6 rings (SSSR count). The number of carbonyl (C=O) groups excluding carboxylic acids is 4. The maximum Gasteiger partial charge on any atom is 0.409 e. The number of allylic oxidation sites excluding steroid dienone is 3. The van der Waals surface area contributed by atoms with Crippen molar-refractivity contribution >= 4 is 23.7 Å². The van der Waals surface area contributed by atoms with Crippen LogP contribution in [0, 0.1) is 55.7 Å². The van der Waals surface area contributed by atoms with E-state index in [4.69, 9.17) is 4.74 Å². The number of ether oxygens (including phenoxy) is 1. The molecule has 49 heavy (non-hydrogen) atoms. The molecular formula is C39H56N4O6. The van der Waals surface area contributed by atoms with Gasteiger partial charge in [0.2, 0.25) is 0 Å². The van der Waals surface area contributed by atoms with Crippen molar-refractivity contribution in [3.63, 3.8) is 0 Å². The summed E-state index contributed by atoms with van der Waals surface area (Å²) in [6.07, 6.45) is 8.66. The summed E-state index contributed by atoms with van der Waals surface area (Å²) < 4.78 is 4.84. The van der Waals surface area contributed by atoms with Crippen molar-refractivity contribution in [3.8, 4) is 6.07 Å². The van der Waals surface area contributed by atoms with Gasteiger partial charge in [0.1, 0.15) is 11.7 Å². The maximum absolute atomic E-state index is 14.8. The minimum atomic E-state index is -1.60. The molecule has 0 unspecified atom stereocenters. The fourth-order valence-corrected chi connectivity index (χ4v) is 12.1. The Morgan fingerprint density at radius 1 is 0.959 bits per heavy atom. The molecule has 0 aromatic rings. The normalized spacial score (nSPS) is 42.7. The molecule has 10 nitrogen and oxygen atoms in total. The lowest BCUT2D eigenvalue weighted by Gasteiger charge is -2.71. The van der Waals surface area contributed by atoms with Crippen molar-refractivity contribution in [2.24, 2.45) is 44.3 Å². The van der Waals surface area contributed by atoms with E-state index in [0.29, 0.717) is 45.6 Å². The molecule has 0 bridgehead atoms. The number of urea groups is 1. The predicted octanol–water partition coefficient (Wildman–Crippen LogP) is 5.76. The van der Waals surface area contributed by atoms with Crippen molar-refractivity contribution < 1.29 is 29.0 Å². The van der Waals surface area contributed by atoms with E-state index in [1.807, 2.05) is 27.0 Å². The molecule has 10 heteroatoms. The van der Waals surface area contributed by atoms with Crippen LogP contribution >= 0.6 is 0 Å². The van der Waals surface area contributed by atoms with E-state index in [0.717, 1.165) is 37.7 Å². The van der Waals surface area contributed by atoms with Gasteiger partial charge >= 0.3 is 12.1 Å². The summed E-state index contributed by atoms with van der Waals surface area (Å²) in [6, 6.07) is 2.08. The summed E-state index contributed by atoms with van der Waals surface area (Å²) in [4.78, 5) is 58.9. The van der Waals surface area contributed by atoms with E-state index in [9.17, 15) is 29.5 Å². The fourth-order valence-electron chi connectivity index (χ4n) is 12.1. The second-order valence-corrected chi connectivity index (χ2v) is 18.3. The smallest absolute Gasteiger partial charge is 0.409 e. The quantitative estimate of drug-likeness (QED) is 0.394. The SMILES string of the molecule is COC(=O)N1CCN(C(=O)N(C)C[C@@]2(C)CC[C@]3(C)CC[C@@]4(C)[C@]5(C)CC[C@H]6C(C)(C)C(=O)C(C#N)=C[C@]6(C)C5=CC(=O)[C@]4(O)[C@@H]3C2)CC1. The molecular weight excluding hydrogens is 620 g/mol. The molecule has 3 saturated carbocycles. The average molecular weight is 677 g/mol. The molecule has 0 aromatic heterocycles. The van der Waals surface area contributed by atoms with Gasteiger partial charge < -0.3 is 24.5 Å². The Kier molecular flexibility index (Phi) is 8.11. The lowest BCUT2D eigenvalue weighted by atomic mass is 9.33. The molecule has 0 radical (unpaired) electrons. The zero-order valence-electron chi connectivity index (χ0n) is 31.1. The van der Waals surface area contributed by atoms with E-state index in [2.05, 4.69) is 40.7 Å². The molecule has 0 aromatic carbocycles. The van der Waals surface area contributed by atoms with Gasteiger partial charge in [-0.3, -0.25) is 9.59 Å². The van der Waals surface area contributed by atoms with Crippen molar-refractivity contribution in [3.05, 3.63) is 23.3 Å². The van der Waals surface area contributed by atoms with Crippen molar-refractivity contribution in [2.75, 3.05) is 46.9 Å². The first-order chi connectivity index (χ1) is 22.7. The average Bonchev–Trinajstić information content (AvgIpc) is 3.06. The van der Waals surface area contributed by atoms with Gasteiger partial charge in [-0.05, 0) is 78.8 Å². The first-order valence-electron chi connectivity index (χ1n) is 18.2. The second-order valence-electron chi connectivity index (χ2n) is 18.3. The molecule has 8 atom stereocenters. The first kappa shape index (κ1) is 35.6. The summed E-state index contributed by atoms with van der Waals surface area (Å²) in [5.41, 5.74) is -3.72. The molecule has 3 amide bonds. The summed E-state index contributed by atoms with van der Waals surface area (Å²) in [5.74, 6) is -0.742. The predicted molar refractivity (Wildman–Crippen MR) is 184 cm³/mol. The number of hydrogen-bond donors (Lipinski definition) is 1. The number of hydrogen-bond acceptors (Lipinski definition) is 7. The Morgan fingerprint density at radius 2 is 1.57 bits per heavy atom. The number of amides is 3. The molecule has 1 N–H and O–H groups in total. The van der Waals surface area contributed by atoms with Gasteiger partial charge in [-0.2, -0.15) is 5.26 Å². The molecule has 1 saturated heterocycles. The Balaban J connectivity index is 1.31. The number of fused-ring (bicyclic) bond motifs is 7. The van der Waals surface area contributed by atoms with E-state index >= 15 is 0 Å². The highest BCUT2D eigenvalue weighted by atomic mass is 16.5. The number of Topliss-reactive ketones (excluding diaryl/α,β-unsaturated/α-hetero) is 1. The van der Waals surface area contributed by atoms with Crippen LogP contribution in [0.1, 0.15) is 93.4 Å². The van der Waals surface area contributed by atoms with Crippen molar-refractivity contribution in [2.45, 2.75) is 99.0 Å². The van der Waals surface area contributed by atoms with E-state index in [1.165, 1.54) is 7.11 Å². The number of nitrogens with zero attached hydrogens (tertiary/aromatic N) is 4. The first-order valence-corrected chi connectivity index (χ1v) is 18.2. The van der Waals surface area contributed by atoms with Gasteiger partial charge in [-0.15, -0.1) is 0 Å². The molecule has 4 fully saturated rings. The lowest BCUT2D eigenvalue weighted by Crippen LogP contribution is -2.74. The number of nitriles is 1. The van der Waals surface area contributed by atoms with Crippen LogP contribution < -0.4 is 0 Å². The summed E-state index contributed by atoms with van der Waals surface area (Å²) in [6.45, 7) is 17.0. The monoisotopic (exact) mass is 676 g/mol. The third kappa shape index (κ3) is 4.73. The van der Waals surface area contributed by atoms with Crippen molar-refractivity contribution in [1.29, 1.82) is 5.26 Å². The van der Waals surface area contributed by atoms with Gasteiger partial charge in [0, 0.05) is 61.9 Å². The van der Waals surface area contributed by atoms with Crippen molar-refractivity contribution in [1.82, 2.24) is 14.7 Å². The number of piperazine rings is 1. The van der Waals surface area contributed by atoms with E-state index in [1.54, 1.807) is 20.8 Å². The highest BCUT2D eigenvalue weighted by Gasteiger charge is 2.75. The van der Waals surface area contributed by atoms with Gasteiger partial charge in [-0.1, -0.05) is 54.5 Å². The number of rotatable bonds is 2. The fraction of sp³-hybridized carbons (Fsp3) is 0.769. The zero-order valence-corrected chi connectivity index (χ0v) is 31.1. The Morgan fingerprint density at radius 3 is 2.18 bits per heavy atom. The summed E-state index contributed by atoms with van der Waals surface area (Å²) >= 11 is 0. The molecule has 6 aliphatic rings. The highest BCUT2D eigenvalue weighted by molar-refractivity contribution is 6.05. The number of aliphatic hydroxyl groups is 1. The zero-order chi connectivity index (χ0) is 36.2. The highest BCUT2D eigenvalue weighted by Crippen LogP contribution is 2.75. The Bertz CT molecular complexity index is 1590. The van der Waals surface area contributed by atoms with Gasteiger partial charge in [0.15, 0.2) is 11.6 Å². The van der Waals surface area contributed by atoms with Gasteiger partial charge in [0.25, 0.3) is 0 Å². The van der Waals surface area contributed by atoms with E-state index in [-0.39, 0.29) is 51.9 Å². The molecule has 1 aliphatic heterocycles. The van der Waals surface area contributed by atoms with Crippen LogP contribution in [0.3, 0.4) is 0 Å². The third-order valence-corrected chi connectivity index (χ3v) is 15.3. The van der Waals surface area contributed by atoms with Crippen LogP contribution in [-0.2, 0) is 14.3 Å². The molecule has 268 valence electrons. The molecule has 5 aliphatic carbocycles. The Hall–Kier alpha value is -3.19. The Labute approximate surface area is 291 Å². The van der Waals surface area contributed by atoms with Crippen LogP contribution in [0.15, 0.2) is 23.3 Å². The van der Waals surface area contributed by atoms with Crippen LogP contribution in [0.2, 0.25) is 0 Å². The summed E-state index contributed by atoms with van der Waals surface area (Å²) in [5, 5.41) is 23.2. The third-order valence-electron chi connectivity index (χ3n) is 15.3. The van der Waals surface area contributed by atoms with Crippen LogP contribution in [-0.4, -0.2) is 96.0 Å². The van der Waals surface area contributed by atoms with Gasteiger partial charge in [0.05, 0.1) is 12.7 Å². The number of methoxy groups -OCH3 is 1. The van der Waals surface area contributed by atoms with Crippen LogP contribution in [0.4, 0.5) is 9.59 Å². The second kappa shape index (κ2) is 11.2. The standard InChI is InChI=1S/C39H56N4O6/c1-33(2)26-10-11-37(6)27(36(26,5)21-25(23-40)30(33)45)20-29(44)39(48)28-22-34(3,12-13-35(28,4)14-15-38(37,39)7)24-41(8)31(46)42-16-18-43(19-17-42)32(47)49-9/h20-21,26,28,48H,10-19,22,24H2,1-9H3/t26-,28+,34-,35+,36-,37+,38-,39+/m0/s1.